The van der Waals surface area contributed by atoms with E-state index in [-0.39, 0.29) is 5.54 Å². The van der Waals surface area contributed by atoms with Gasteiger partial charge in [-0.25, -0.2) is 0 Å². The summed E-state index contributed by atoms with van der Waals surface area (Å²) in [6, 6.07) is 0. The minimum absolute atomic E-state index is 0.121. The molecule has 0 aromatic heterocycles. The molecule has 18 heavy (non-hydrogen) atoms. The number of amides is 1. The minimum atomic E-state index is -0.121. The van der Waals surface area contributed by atoms with E-state index in [2.05, 4.69) is 24.1 Å². The Kier molecular flexibility index (Phi) is 3.13. The highest BCUT2D eigenvalue weighted by Crippen LogP contribution is 2.43. The number of carbonyl (C=O) groups excluding carboxylic acids is 1. The molecule has 102 valence electrons. The van der Waals surface area contributed by atoms with E-state index in [1.165, 1.54) is 19.3 Å². The first kappa shape index (κ1) is 12.5. The lowest BCUT2D eigenvalue weighted by Gasteiger charge is -2.26. The quantitative estimate of drug-likeness (QED) is 0.831. The lowest BCUT2D eigenvalue weighted by molar-refractivity contribution is -0.131. The summed E-state index contributed by atoms with van der Waals surface area (Å²) in [4.78, 5) is 14.7. The number of carbonyl (C=O) groups is 1. The summed E-state index contributed by atoms with van der Waals surface area (Å²) in [6.45, 7) is 5.55. The smallest absolute Gasteiger partial charge is 0.244 e. The Morgan fingerprint density at radius 3 is 2.72 bits per heavy atom. The molecule has 1 aliphatic heterocycles. The predicted octanol–water partition coefficient (Wildman–Crippen LogP) is 2.51. The normalized spacial score (nSPS) is 37.8. The van der Waals surface area contributed by atoms with E-state index in [1.54, 1.807) is 0 Å². The van der Waals surface area contributed by atoms with Crippen LogP contribution in [0.3, 0.4) is 0 Å². The van der Waals surface area contributed by atoms with Gasteiger partial charge in [0.05, 0.1) is 11.7 Å². The van der Waals surface area contributed by atoms with E-state index in [9.17, 15) is 4.79 Å². The summed E-state index contributed by atoms with van der Waals surface area (Å²) >= 11 is 0. The van der Waals surface area contributed by atoms with Gasteiger partial charge in [-0.1, -0.05) is 26.7 Å². The summed E-state index contributed by atoms with van der Waals surface area (Å²) < 4.78 is 0. The van der Waals surface area contributed by atoms with Crippen LogP contribution in [-0.2, 0) is 4.79 Å². The maximum Gasteiger partial charge on any atom is 0.244 e. The molecule has 0 bridgehead atoms. The maximum absolute atomic E-state index is 12.5. The van der Waals surface area contributed by atoms with Crippen LogP contribution in [0.15, 0.2) is 0 Å². The molecular weight excluding hydrogens is 224 g/mol. The van der Waals surface area contributed by atoms with Crippen LogP contribution in [0.2, 0.25) is 0 Å². The van der Waals surface area contributed by atoms with Crippen LogP contribution in [-0.4, -0.2) is 29.1 Å². The van der Waals surface area contributed by atoms with Gasteiger partial charge in [-0.15, -0.1) is 0 Å². The van der Waals surface area contributed by atoms with Gasteiger partial charge in [-0.2, -0.15) is 0 Å². The van der Waals surface area contributed by atoms with Crippen molar-refractivity contribution < 1.29 is 4.79 Å². The molecule has 3 nitrogen and oxygen atoms in total. The fourth-order valence-electron chi connectivity index (χ4n) is 3.84. The molecule has 1 spiro atoms. The fourth-order valence-corrected chi connectivity index (χ4v) is 3.84. The van der Waals surface area contributed by atoms with Crippen LogP contribution >= 0.6 is 0 Å². The van der Waals surface area contributed by atoms with E-state index in [4.69, 9.17) is 0 Å². The van der Waals surface area contributed by atoms with Gasteiger partial charge >= 0.3 is 0 Å². The number of hydrogen-bond acceptors (Lipinski definition) is 2. The van der Waals surface area contributed by atoms with Crippen molar-refractivity contribution in [3.05, 3.63) is 0 Å². The number of hydrogen-bond donors (Lipinski definition) is 1. The van der Waals surface area contributed by atoms with Crippen LogP contribution in [0.5, 0.6) is 0 Å². The Morgan fingerprint density at radius 1 is 1.39 bits per heavy atom. The second-order valence-corrected chi connectivity index (χ2v) is 6.77. The molecule has 1 saturated heterocycles. The monoisotopic (exact) mass is 250 g/mol. The molecule has 2 aliphatic carbocycles. The maximum atomic E-state index is 12.5. The summed E-state index contributed by atoms with van der Waals surface area (Å²) in [5.41, 5.74) is -0.121. The van der Waals surface area contributed by atoms with Crippen molar-refractivity contribution in [3.63, 3.8) is 0 Å². The summed E-state index contributed by atoms with van der Waals surface area (Å²) in [5, 5.41) is 3.60. The van der Waals surface area contributed by atoms with Gasteiger partial charge in [-0.3, -0.25) is 10.1 Å². The largest absolute Gasteiger partial charge is 0.325 e. The molecule has 3 atom stereocenters. The SMILES string of the molecule is CCCC1NC2(CC2)C(=O)N1CC1CCC(C)C1. The average Bonchev–Trinajstić information content (AvgIpc) is 2.94. The van der Waals surface area contributed by atoms with Crippen molar-refractivity contribution in [1.82, 2.24) is 10.2 Å². The third kappa shape index (κ3) is 2.07. The minimum Gasteiger partial charge on any atom is -0.325 e. The van der Waals surface area contributed by atoms with Gasteiger partial charge in [0.15, 0.2) is 0 Å². The molecule has 1 N–H and O–H groups in total. The van der Waals surface area contributed by atoms with Crippen molar-refractivity contribution in [2.75, 3.05) is 6.54 Å². The zero-order valence-corrected chi connectivity index (χ0v) is 11.7. The van der Waals surface area contributed by atoms with E-state index in [1.807, 2.05) is 0 Å². The Hall–Kier alpha value is -0.570. The standard InChI is InChI=1S/C15H26N2O/c1-3-4-13-16-15(7-8-15)14(18)17(13)10-12-6-5-11(2)9-12/h11-13,16H,3-10H2,1-2H3. The van der Waals surface area contributed by atoms with Crippen molar-refractivity contribution >= 4 is 5.91 Å². The second-order valence-electron chi connectivity index (χ2n) is 6.77. The summed E-state index contributed by atoms with van der Waals surface area (Å²) in [7, 11) is 0. The summed E-state index contributed by atoms with van der Waals surface area (Å²) in [6.07, 6.45) is 8.68. The Balaban J connectivity index is 1.66. The van der Waals surface area contributed by atoms with Gasteiger partial charge < -0.3 is 4.90 Å². The number of nitrogens with one attached hydrogen (secondary N) is 1. The second kappa shape index (κ2) is 4.52. The molecule has 2 saturated carbocycles. The Morgan fingerprint density at radius 2 is 2.17 bits per heavy atom. The van der Waals surface area contributed by atoms with Gasteiger partial charge in [0.1, 0.15) is 0 Å². The van der Waals surface area contributed by atoms with Crippen molar-refractivity contribution in [2.24, 2.45) is 11.8 Å². The molecule has 3 fully saturated rings. The predicted molar refractivity (Wildman–Crippen MR) is 72.0 cm³/mol. The first-order chi connectivity index (χ1) is 8.64. The van der Waals surface area contributed by atoms with E-state index in [0.29, 0.717) is 12.1 Å². The van der Waals surface area contributed by atoms with Gasteiger partial charge in [0, 0.05) is 6.54 Å². The molecular formula is C15H26N2O. The zero-order chi connectivity index (χ0) is 12.8. The third-order valence-electron chi connectivity index (χ3n) is 5.06. The van der Waals surface area contributed by atoms with Gasteiger partial charge in [0.25, 0.3) is 0 Å². The van der Waals surface area contributed by atoms with Crippen molar-refractivity contribution in [3.8, 4) is 0 Å². The number of nitrogens with zero attached hydrogens (tertiary/aromatic N) is 1. The van der Waals surface area contributed by atoms with Crippen LogP contribution in [0.4, 0.5) is 0 Å². The third-order valence-corrected chi connectivity index (χ3v) is 5.06. The van der Waals surface area contributed by atoms with Crippen molar-refractivity contribution in [2.45, 2.75) is 70.5 Å². The molecule has 0 aromatic carbocycles. The summed E-state index contributed by atoms with van der Waals surface area (Å²) in [5.74, 6) is 2.01. The average molecular weight is 250 g/mol. The first-order valence-corrected chi connectivity index (χ1v) is 7.73. The highest BCUT2D eigenvalue weighted by Gasteiger charge is 2.58. The Bertz CT molecular complexity index is 337. The molecule has 3 unspecified atom stereocenters. The molecule has 0 radical (unpaired) electrons. The van der Waals surface area contributed by atoms with Crippen LogP contribution in [0.25, 0.3) is 0 Å². The molecule has 0 aromatic rings. The van der Waals surface area contributed by atoms with E-state index >= 15 is 0 Å². The highest BCUT2D eigenvalue weighted by atomic mass is 16.2. The fraction of sp³-hybridized carbons (Fsp3) is 0.933. The van der Waals surface area contributed by atoms with Gasteiger partial charge in [0.2, 0.25) is 5.91 Å². The Labute approximate surface area is 110 Å². The highest BCUT2D eigenvalue weighted by molar-refractivity contribution is 5.91. The van der Waals surface area contributed by atoms with Crippen LogP contribution in [0, 0.1) is 11.8 Å². The topological polar surface area (TPSA) is 32.3 Å². The number of rotatable bonds is 4. The zero-order valence-electron chi connectivity index (χ0n) is 11.7. The van der Waals surface area contributed by atoms with Gasteiger partial charge in [-0.05, 0) is 43.9 Å². The van der Waals surface area contributed by atoms with Crippen molar-refractivity contribution in [1.29, 1.82) is 0 Å². The lowest BCUT2D eigenvalue weighted by Crippen LogP contribution is -2.40. The van der Waals surface area contributed by atoms with Crippen LogP contribution < -0.4 is 5.32 Å². The van der Waals surface area contributed by atoms with E-state index in [0.717, 1.165) is 44.1 Å². The van der Waals surface area contributed by atoms with E-state index < -0.39 is 0 Å². The molecule has 1 amide bonds. The molecule has 1 heterocycles. The molecule has 3 heteroatoms. The lowest BCUT2D eigenvalue weighted by atomic mass is 10.1. The molecule has 3 rings (SSSR count). The van der Waals surface area contributed by atoms with Crippen LogP contribution in [0.1, 0.15) is 58.8 Å². The molecule has 3 aliphatic rings. The first-order valence-electron chi connectivity index (χ1n) is 7.73.